The lowest BCUT2D eigenvalue weighted by Crippen LogP contribution is -2.08. The number of aromatic nitrogens is 2. The molecule has 0 bridgehead atoms. The number of hydrogen-bond acceptors (Lipinski definition) is 3. The molecule has 1 atom stereocenters. The summed E-state index contributed by atoms with van der Waals surface area (Å²) in [7, 11) is 0. The molecule has 2 rings (SSSR count). The third kappa shape index (κ3) is 0.956. The van der Waals surface area contributed by atoms with Crippen LogP contribution in [0.15, 0.2) is 6.20 Å². The van der Waals surface area contributed by atoms with Gasteiger partial charge in [0, 0.05) is 11.8 Å². The number of fused-ring (bicyclic) bond motifs is 1. The van der Waals surface area contributed by atoms with Crippen LogP contribution in [-0.2, 0) is 4.79 Å². The lowest BCUT2D eigenvalue weighted by Gasteiger charge is -1.97. The first-order chi connectivity index (χ1) is 5.68. The second kappa shape index (κ2) is 2.42. The smallest absolute Gasteiger partial charge is 0.232 e. The zero-order valence-electron chi connectivity index (χ0n) is 6.34. The molecule has 12 heavy (non-hydrogen) atoms. The molecule has 62 valence electrons. The number of carbonyl (C=O) groups is 1. The molecule has 1 aliphatic heterocycles. The fourth-order valence-corrected chi connectivity index (χ4v) is 1.29. The summed E-state index contributed by atoms with van der Waals surface area (Å²) >= 11 is 5.55. The molecule has 0 radical (unpaired) electrons. The highest BCUT2D eigenvalue weighted by Crippen LogP contribution is 2.29. The topological polar surface area (TPSA) is 54.9 Å². The van der Waals surface area contributed by atoms with Crippen molar-refractivity contribution >= 4 is 23.3 Å². The van der Waals surface area contributed by atoms with Crippen LogP contribution in [0.2, 0.25) is 5.28 Å². The Morgan fingerprint density at radius 3 is 3.17 bits per heavy atom. The minimum Gasteiger partial charge on any atom is -0.310 e. The van der Waals surface area contributed by atoms with Crippen LogP contribution in [-0.4, -0.2) is 15.9 Å². The number of anilines is 1. The number of carbonyl (C=O) groups excluding carboxylic acids is 1. The van der Waals surface area contributed by atoms with Crippen molar-refractivity contribution < 1.29 is 4.79 Å². The maximum atomic E-state index is 11.1. The fraction of sp³-hybridized carbons (Fsp3) is 0.286. The highest BCUT2D eigenvalue weighted by molar-refractivity contribution is 6.28. The molecular weight excluding hydrogens is 178 g/mol. The van der Waals surface area contributed by atoms with Gasteiger partial charge in [-0.15, -0.1) is 0 Å². The Hall–Kier alpha value is -1.16. The van der Waals surface area contributed by atoms with Crippen molar-refractivity contribution in [3.63, 3.8) is 0 Å². The standard InChI is InChI=1S/C7H6ClN3O/c1-3-4-2-9-7(8)11-5(4)10-6(3)12/h2-3H,1H3,(H,9,10,11,12). The van der Waals surface area contributed by atoms with E-state index in [2.05, 4.69) is 15.3 Å². The maximum absolute atomic E-state index is 11.1. The predicted molar refractivity (Wildman–Crippen MR) is 44.1 cm³/mol. The number of nitrogens with one attached hydrogen (secondary N) is 1. The largest absolute Gasteiger partial charge is 0.310 e. The summed E-state index contributed by atoms with van der Waals surface area (Å²) < 4.78 is 0. The van der Waals surface area contributed by atoms with Gasteiger partial charge in [-0.2, -0.15) is 0 Å². The Morgan fingerprint density at radius 2 is 2.42 bits per heavy atom. The average molecular weight is 184 g/mol. The predicted octanol–water partition coefficient (Wildman–Crippen LogP) is 1.19. The molecule has 1 N–H and O–H groups in total. The number of hydrogen-bond donors (Lipinski definition) is 1. The second-order valence-electron chi connectivity index (χ2n) is 2.65. The van der Waals surface area contributed by atoms with Gasteiger partial charge in [0.15, 0.2) is 0 Å². The van der Waals surface area contributed by atoms with Crippen LogP contribution in [0.1, 0.15) is 18.4 Å². The summed E-state index contributed by atoms with van der Waals surface area (Å²) in [5.74, 6) is 0.311. The lowest BCUT2D eigenvalue weighted by molar-refractivity contribution is -0.116. The molecule has 5 heteroatoms. The van der Waals surface area contributed by atoms with E-state index in [4.69, 9.17) is 11.6 Å². The third-order valence-electron chi connectivity index (χ3n) is 1.89. The van der Waals surface area contributed by atoms with Gasteiger partial charge in [0.2, 0.25) is 11.2 Å². The van der Waals surface area contributed by atoms with Gasteiger partial charge in [-0.1, -0.05) is 0 Å². The molecule has 2 heterocycles. The van der Waals surface area contributed by atoms with Crippen molar-refractivity contribution in [1.29, 1.82) is 0 Å². The van der Waals surface area contributed by atoms with Gasteiger partial charge < -0.3 is 5.32 Å². The molecule has 1 aromatic heterocycles. The molecule has 0 spiro atoms. The lowest BCUT2D eigenvalue weighted by atomic mass is 10.1. The molecule has 1 amide bonds. The van der Waals surface area contributed by atoms with Crippen molar-refractivity contribution in [3.05, 3.63) is 17.0 Å². The average Bonchev–Trinajstić information content (AvgIpc) is 2.28. The van der Waals surface area contributed by atoms with E-state index in [1.807, 2.05) is 0 Å². The summed E-state index contributed by atoms with van der Waals surface area (Å²) in [6.45, 7) is 1.80. The number of nitrogens with zero attached hydrogens (tertiary/aromatic N) is 2. The fourth-order valence-electron chi connectivity index (χ4n) is 1.15. The monoisotopic (exact) mass is 183 g/mol. The zero-order chi connectivity index (χ0) is 8.72. The van der Waals surface area contributed by atoms with Gasteiger partial charge in [-0.05, 0) is 18.5 Å². The minimum absolute atomic E-state index is 0.0541. The minimum atomic E-state index is -0.169. The SMILES string of the molecule is CC1C(=O)Nc2nc(Cl)ncc21. The molecule has 0 aliphatic carbocycles. The van der Waals surface area contributed by atoms with Gasteiger partial charge in [-0.3, -0.25) is 4.79 Å². The van der Waals surface area contributed by atoms with Crippen LogP contribution < -0.4 is 5.32 Å². The maximum Gasteiger partial charge on any atom is 0.232 e. The summed E-state index contributed by atoms with van der Waals surface area (Å²) in [6.07, 6.45) is 1.58. The Bertz CT molecular complexity index is 353. The van der Waals surface area contributed by atoms with Crippen molar-refractivity contribution in [2.45, 2.75) is 12.8 Å². The molecule has 1 aromatic rings. The molecule has 1 aliphatic rings. The number of rotatable bonds is 0. The molecule has 0 saturated carbocycles. The van der Waals surface area contributed by atoms with E-state index >= 15 is 0 Å². The van der Waals surface area contributed by atoms with Crippen molar-refractivity contribution in [3.8, 4) is 0 Å². The summed E-state index contributed by atoms with van der Waals surface area (Å²) in [5, 5.41) is 2.77. The first kappa shape index (κ1) is 7.49. The van der Waals surface area contributed by atoms with E-state index in [1.54, 1.807) is 13.1 Å². The Balaban J connectivity index is 2.54. The highest BCUT2D eigenvalue weighted by Gasteiger charge is 2.27. The van der Waals surface area contributed by atoms with Crippen molar-refractivity contribution in [1.82, 2.24) is 9.97 Å². The van der Waals surface area contributed by atoms with Crippen LogP contribution in [0.25, 0.3) is 0 Å². The quantitative estimate of drug-likeness (QED) is 0.615. The van der Waals surface area contributed by atoms with Crippen molar-refractivity contribution in [2.75, 3.05) is 5.32 Å². The molecule has 0 saturated heterocycles. The molecule has 4 nitrogen and oxygen atoms in total. The Kier molecular flexibility index (Phi) is 1.51. The van der Waals surface area contributed by atoms with Crippen LogP contribution in [0, 0.1) is 0 Å². The molecule has 0 aromatic carbocycles. The molecule has 1 unspecified atom stereocenters. The summed E-state index contributed by atoms with van der Waals surface area (Å²) in [5.41, 5.74) is 0.810. The highest BCUT2D eigenvalue weighted by atomic mass is 35.5. The van der Waals surface area contributed by atoms with Crippen LogP contribution in [0.4, 0.5) is 5.82 Å². The summed E-state index contributed by atoms with van der Waals surface area (Å²) in [6, 6.07) is 0. The van der Waals surface area contributed by atoms with Gasteiger partial charge >= 0.3 is 0 Å². The normalized spacial score (nSPS) is 20.5. The van der Waals surface area contributed by atoms with Gasteiger partial charge in [0.1, 0.15) is 5.82 Å². The van der Waals surface area contributed by atoms with E-state index in [0.717, 1.165) is 5.56 Å². The van der Waals surface area contributed by atoms with E-state index in [-0.39, 0.29) is 17.1 Å². The molecular formula is C7H6ClN3O. The third-order valence-corrected chi connectivity index (χ3v) is 2.07. The van der Waals surface area contributed by atoms with Crippen LogP contribution in [0.3, 0.4) is 0 Å². The van der Waals surface area contributed by atoms with E-state index in [0.29, 0.717) is 5.82 Å². The van der Waals surface area contributed by atoms with Gasteiger partial charge in [0.05, 0.1) is 5.92 Å². The Labute approximate surface area is 74.0 Å². The van der Waals surface area contributed by atoms with Gasteiger partial charge in [-0.25, -0.2) is 9.97 Å². The number of amides is 1. The number of halogens is 1. The zero-order valence-corrected chi connectivity index (χ0v) is 7.09. The van der Waals surface area contributed by atoms with Crippen LogP contribution >= 0.6 is 11.6 Å². The van der Waals surface area contributed by atoms with Crippen LogP contribution in [0.5, 0.6) is 0 Å². The summed E-state index contributed by atoms with van der Waals surface area (Å²) in [4.78, 5) is 18.8. The van der Waals surface area contributed by atoms with E-state index in [9.17, 15) is 4.79 Å². The molecule has 0 fully saturated rings. The Morgan fingerprint density at radius 1 is 1.67 bits per heavy atom. The van der Waals surface area contributed by atoms with Gasteiger partial charge in [0.25, 0.3) is 0 Å². The first-order valence-corrected chi connectivity index (χ1v) is 3.89. The van der Waals surface area contributed by atoms with Crippen molar-refractivity contribution in [2.24, 2.45) is 0 Å². The second-order valence-corrected chi connectivity index (χ2v) is 2.99. The van der Waals surface area contributed by atoms with E-state index < -0.39 is 0 Å². The first-order valence-electron chi connectivity index (χ1n) is 3.52. The van der Waals surface area contributed by atoms with E-state index in [1.165, 1.54) is 0 Å².